The molecule has 0 spiro atoms. The van der Waals surface area contributed by atoms with Gasteiger partial charge in [-0.3, -0.25) is 9.59 Å². The Morgan fingerprint density at radius 1 is 1.06 bits per heavy atom. The average molecular weight is 424 g/mol. The number of amides is 1. The van der Waals surface area contributed by atoms with Crippen LogP contribution in [0.1, 0.15) is 5.56 Å². The van der Waals surface area contributed by atoms with Crippen LogP contribution in [0.2, 0.25) is 0 Å². The zero-order chi connectivity index (χ0) is 21.8. The minimum Gasteiger partial charge on any atom is -0.493 e. The van der Waals surface area contributed by atoms with E-state index in [9.17, 15) is 9.59 Å². The Kier molecular flexibility index (Phi) is 6.03. The predicted molar refractivity (Wildman–Crippen MR) is 117 cm³/mol. The summed E-state index contributed by atoms with van der Waals surface area (Å²) in [5, 5.41) is 5.71. The van der Waals surface area contributed by atoms with Crippen LogP contribution in [-0.2, 0) is 16.0 Å². The largest absolute Gasteiger partial charge is 0.493 e. The lowest BCUT2D eigenvalue weighted by Gasteiger charge is -2.29. The summed E-state index contributed by atoms with van der Waals surface area (Å²) in [5.74, 6) is 1.38. The SMILES string of the molecule is COc1ccc(CC(=O)Nn2nc(N3CCOCC3)c3ccccc3c2=O)cc1OC. The van der Waals surface area contributed by atoms with Crippen molar-refractivity contribution in [1.29, 1.82) is 0 Å². The van der Waals surface area contributed by atoms with Gasteiger partial charge >= 0.3 is 0 Å². The van der Waals surface area contributed by atoms with Gasteiger partial charge in [-0.25, -0.2) is 5.43 Å². The Balaban J connectivity index is 1.63. The number of nitrogens with zero attached hydrogens (tertiary/aromatic N) is 3. The molecule has 1 aliphatic rings. The maximum Gasteiger partial charge on any atom is 0.294 e. The van der Waals surface area contributed by atoms with Crippen LogP contribution in [-0.4, -0.2) is 56.3 Å². The first-order chi connectivity index (χ1) is 15.1. The number of hydrogen-bond acceptors (Lipinski definition) is 7. The van der Waals surface area contributed by atoms with Crippen molar-refractivity contribution in [2.75, 3.05) is 50.8 Å². The van der Waals surface area contributed by atoms with Crippen molar-refractivity contribution in [1.82, 2.24) is 9.89 Å². The van der Waals surface area contributed by atoms with Crippen molar-refractivity contribution in [3.05, 3.63) is 58.4 Å². The van der Waals surface area contributed by atoms with E-state index in [-0.39, 0.29) is 17.9 Å². The summed E-state index contributed by atoms with van der Waals surface area (Å²) < 4.78 is 15.9. The molecule has 1 aromatic heterocycles. The second-order valence-electron chi connectivity index (χ2n) is 7.09. The smallest absolute Gasteiger partial charge is 0.294 e. The molecule has 3 aromatic rings. The monoisotopic (exact) mass is 424 g/mol. The van der Waals surface area contributed by atoms with Crippen LogP contribution in [0.5, 0.6) is 11.5 Å². The summed E-state index contributed by atoms with van der Waals surface area (Å²) >= 11 is 0. The average Bonchev–Trinajstić information content (AvgIpc) is 2.81. The van der Waals surface area contributed by atoms with Gasteiger partial charge in [0.2, 0.25) is 5.91 Å². The van der Waals surface area contributed by atoms with E-state index in [1.807, 2.05) is 12.1 Å². The summed E-state index contributed by atoms with van der Waals surface area (Å²) in [4.78, 5) is 28.7. The fourth-order valence-electron chi connectivity index (χ4n) is 3.59. The van der Waals surface area contributed by atoms with Crippen LogP contribution < -0.4 is 25.4 Å². The standard InChI is InChI=1S/C22H24N4O5/c1-29-18-8-7-15(13-19(18)30-2)14-20(27)23-26-22(28)17-6-4-3-5-16(17)21(24-26)25-9-11-31-12-10-25/h3-8,13H,9-12,14H2,1-2H3,(H,23,27). The molecule has 0 aliphatic carbocycles. The number of methoxy groups -OCH3 is 2. The van der Waals surface area contributed by atoms with E-state index in [4.69, 9.17) is 14.2 Å². The highest BCUT2D eigenvalue weighted by molar-refractivity contribution is 5.92. The quantitative estimate of drug-likeness (QED) is 0.642. The van der Waals surface area contributed by atoms with Gasteiger partial charge in [-0.15, -0.1) is 9.89 Å². The Labute approximate surface area is 179 Å². The van der Waals surface area contributed by atoms with Crippen LogP contribution in [0.15, 0.2) is 47.3 Å². The van der Waals surface area contributed by atoms with E-state index >= 15 is 0 Å². The normalized spacial score (nSPS) is 13.8. The third-order valence-corrected chi connectivity index (χ3v) is 5.14. The molecule has 1 amide bonds. The van der Waals surface area contributed by atoms with Gasteiger partial charge in [0.05, 0.1) is 39.2 Å². The van der Waals surface area contributed by atoms with Gasteiger partial charge in [0.1, 0.15) is 0 Å². The van der Waals surface area contributed by atoms with Crippen molar-refractivity contribution < 1.29 is 19.0 Å². The van der Waals surface area contributed by atoms with Crippen LogP contribution >= 0.6 is 0 Å². The number of benzene rings is 2. The second kappa shape index (κ2) is 9.05. The number of rotatable bonds is 6. The topological polar surface area (TPSA) is 94.9 Å². The number of carbonyl (C=O) groups is 1. The summed E-state index contributed by atoms with van der Waals surface area (Å²) in [6, 6.07) is 12.5. The highest BCUT2D eigenvalue weighted by atomic mass is 16.5. The van der Waals surface area contributed by atoms with Gasteiger partial charge in [-0.05, 0) is 23.8 Å². The van der Waals surface area contributed by atoms with E-state index in [2.05, 4.69) is 15.4 Å². The number of morpholine rings is 1. The highest BCUT2D eigenvalue weighted by Crippen LogP contribution is 2.27. The zero-order valence-corrected chi connectivity index (χ0v) is 17.5. The van der Waals surface area contributed by atoms with Gasteiger partial charge in [0, 0.05) is 18.5 Å². The van der Waals surface area contributed by atoms with Gasteiger partial charge < -0.3 is 19.1 Å². The second-order valence-corrected chi connectivity index (χ2v) is 7.09. The number of aromatic nitrogens is 2. The third kappa shape index (κ3) is 4.31. The lowest BCUT2D eigenvalue weighted by Crippen LogP contribution is -2.41. The Morgan fingerprint density at radius 3 is 2.48 bits per heavy atom. The molecular weight excluding hydrogens is 400 g/mol. The van der Waals surface area contributed by atoms with E-state index in [1.165, 1.54) is 7.11 Å². The van der Waals surface area contributed by atoms with Gasteiger partial charge in [-0.1, -0.05) is 24.3 Å². The van der Waals surface area contributed by atoms with Crippen molar-refractivity contribution >= 4 is 22.5 Å². The predicted octanol–water partition coefficient (Wildman–Crippen LogP) is 1.56. The number of anilines is 1. The number of ether oxygens (including phenoxy) is 3. The molecule has 0 bridgehead atoms. The molecule has 0 atom stereocenters. The fourth-order valence-corrected chi connectivity index (χ4v) is 3.59. The molecule has 2 heterocycles. The number of nitrogens with one attached hydrogen (secondary N) is 1. The van der Waals surface area contributed by atoms with Crippen LogP contribution in [0.25, 0.3) is 10.8 Å². The van der Waals surface area contributed by atoms with Gasteiger partial charge in [0.15, 0.2) is 17.3 Å². The Morgan fingerprint density at radius 2 is 1.77 bits per heavy atom. The van der Waals surface area contributed by atoms with E-state index in [1.54, 1.807) is 37.4 Å². The minimum absolute atomic E-state index is 0.0498. The van der Waals surface area contributed by atoms with Crippen LogP contribution in [0.4, 0.5) is 5.82 Å². The third-order valence-electron chi connectivity index (χ3n) is 5.14. The first-order valence-corrected chi connectivity index (χ1v) is 9.96. The molecule has 1 saturated heterocycles. The van der Waals surface area contributed by atoms with Gasteiger partial charge in [0.25, 0.3) is 5.56 Å². The molecule has 0 saturated carbocycles. The summed E-state index contributed by atoms with van der Waals surface area (Å²) in [6.07, 6.45) is 0.0498. The molecule has 0 radical (unpaired) electrons. The van der Waals surface area contributed by atoms with Crippen LogP contribution in [0, 0.1) is 0 Å². The molecule has 4 rings (SSSR count). The molecule has 9 heteroatoms. The molecule has 2 aromatic carbocycles. The number of carbonyl (C=O) groups excluding carboxylic acids is 1. The first-order valence-electron chi connectivity index (χ1n) is 9.96. The maximum absolute atomic E-state index is 12.9. The maximum atomic E-state index is 12.9. The molecular formula is C22H24N4O5. The molecule has 1 N–H and O–H groups in total. The molecule has 1 aliphatic heterocycles. The fraction of sp³-hybridized carbons (Fsp3) is 0.318. The van der Waals surface area contributed by atoms with Crippen molar-refractivity contribution in [3.8, 4) is 11.5 Å². The first kappa shape index (κ1) is 20.7. The summed E-state index contributed by atoms with van der Waals surface area (Å²) in [6.45, 7) is 2.49. The van der Waals surface area contributed by atoms with E-state index in [0.717, 1.165) is 15.7 Å². The number of fused-ring (bicyclic) bond motifs is 1. The molecule has 162 valence electrons. The minimum atomic E-state index is -0.381. The van der Waals surface area contributed by atoms with Crippen molar-refractivity contribution in [2.45, 2.75) is 6.42 Å². The lowest BCUT2D eigenvalue weighted by atomic mass is 10.1. The Bertz CT molecular complexity index is 1150. The Hall–Kier alpha value is -3.59. The van der Waals surface area contributed by atoms with Gasteiger partial charge in [-0.2, -0.15) is 0 Å². The highest BCUT2D eigenvalue weighted by Gasteiger charge is 2.19. The summed E-state index contributed by atoms with van der Waals surface area (Å²) in [5.41, 5.74) is 2.96. The molecule has 1 fully saturated rings. The molecule has 31 heavy (non-hydrogen) atoms. The summed E-state index contributed by atoms with van der Waals surface area (Å²) in [7, 11) is 3.08. The molecule has 0 unspecified atom stereocenters. The van der Waals surface area contributed by atoms with Crippen molar-refractivity contribution in [3.63, 3.8) is 0 Å². The van der Waals surface area contributed by atoms with Crippen LogP contribution in [0.3, 0.4) is 0 Å². The van der Waals surface area contributed by atoms with E-state index < -0.39 is 0 Å². The number of hydrogen-bond donors (Lipinski definition) is 1. The lowest BCUT2D eigenvalue weighted by molar-refractivity contribution is -0.116. The zero-order valence-electron chi connectivity index (χ0n) is 17.5. The molecule has 9 nitrogen and oxygen atoms in total. The van der Waals surface area contributed by atoms with Crippen molar-refractivity contribution in [2.24, 2.45) is 0 Å². The van der Waals surface area contributed by atoms with E-state index in [0.29, 0.717) is 49.0 Å².